The van der Waals surface area contributed by atoms with Gasteiger partial charge in [-0.15, -0.1) is 0 Å². The summed E-state index contributed by atoms with van der Waals surface area (Å²) < 4.78 is 1.53. The van der Waals surface area contributed by atoms with Gasteiger partial charge in [0.05, 0.1) is 12.2 Å². The Balaban J connectivity index is 1.32. The predicted molar refractivity (Wildman–Crippen MR) is 116 cm³/mol. The molecule has 0 radical (unpaired) electrons. The maximum Gasteiger partial charge on any atom is 0.311 e. The van der Waals surface area contributed by atoms with Crippen LogP contribution in [0.3, 0.4) is 0 Å². The highest BCUT2D eigenvalue weighted by molar-refractivity contribution is 6.35. The van der Waals surface area contributed by atoms with E-state index >= 15 is 0 Å². The minimum absolute atomic E-state index is 0.155. The van der Waals surface area contributed by atoms with Gasteiger partial charge in [-0.1, -0.05) is 0 Å². The summed E-state index contributed by atoms with van der Waals surface area (Å²) in [5, 5.41) is 10.0. The van der Waals surface area contributed by atoms with Crippen LogP contribution in [0.25, 0.3) is 5.95 Å². The van der Waals surface area contributed by atoms with E-state index in [9.17, 15) is 14.4 Å². The standard InChI is InChI=1S/C21H28N8O3/c1-13-10-14(2)23-21(22-13)29-17(11-15(3)26-29)25-18(30)12-27-6-8-28(9-7-27)20(32)19(31)24-16-4-5-16/h10-11,16H,4-9,12H2,1-3H3,(H,24,31)(H,25,30). The molecule has 3 heterocycles. The molecule has 11 heteroatoms. The van der Waals surface area contributed by atoms with Crippen LogP contribution in [0.4, 0.5) is 5.82 Å². The summed E-state index contributed by atoms with van der Waals surface area (Å²) in [6.07, 6.45) is 1.88. The lowest BCUT2D eigenvalue weighted by Crippen LogP contribution is -2.53. The van der Waals surface area contributed by atoms with Gasteiger partial charge in [-0.05, 0) is 39.7 Å². The molecule has 0 spiro atoms. The van der Waals surface area contributed by atoms with Crippen molar-refractivity contribution in [1.82, 2.24) is 34.9 Å². The molecule has 1 aliphatic heterocycles. The fraction of sp³-hybridized carbons (Fsp3) is 0.524. The summed E-state index contributed by atoms with van der Waals surface area (Å²) >= 11 is 0. The fourth-order valence-corrected chi connectivity index (χ4v) is 3.66. The maximum absolute atomic E-state index is 12.7. The summed E-state index contributed by atoms with van der Waals surface area (Å²) in [5.41, 5.74) is 2.37. The Labute approximate surface area is 186 Å². The molecule has 0 bridgehead atoms. The summed E-state index contributed by atoms with van der Waals surface area (Å²) in [6, 6.07) is 3.80. The number of carbonyl (C=O) groups is 3. The highest BCUT2D eigenvalue weighted by Crippen LogP contribution is 2.19. The molecule has 1 saturated carbocycles. The van der Waals surface area contributed by atoms with Crippen LogP contribution >= 0.6 is 0 Å². The number of nitrogens with one attached hydrogen (secondary N) is 2. The van der Waals surface area contributed by atoms with E-state index in [0.29, 0.717) is 37.9 Å². The van der Waals surface area contributed by atoms with Gasteiger partial charge < -0.3 is 15.5 Å². The Morgan fingerprint density at radius 2 is 1.62 bits per heavy atom. The van der Waals surface area contributed by atoms with Gasteiger partial charge in [0.15, 0.2) is 0 Å². The summed E-state index contributed by atoms with van der Waals surface area (Å²) in [6.45, 7) is 7.65. The Bertz CT molecular complexity index is 1020. The Hall–Kier alpha value is -3.34. The lowest BCUT2D eigenvalue weighted by atomic mass is 10.3. The molecule has 2 aromatic rings. The van der Waals surface area contributed by atoms with Crippen molar-refractivity contribution in [2.45, 2.75) is 39.7 Å². The molecule has 4 rings (SSSR count). The zero-order chi connectivity index (χ0) is 22.8. The highest BCUT2D eigenvalue weighted by Gasteiger charge is 2.31. The quantitative estimate of drug-likeness (QED) is 0.625. The zero-order valence-electron chi connectivity index (χ0n) is 18.6. The third-order valence-electron chi connectivity index (χ3n) is 5.39. The topological polar surface area (TPSA) is 125 Å². The number of hydrogen-bond donors (Lipinski definition) is 2. The second-order valence-electron chi connectivity index (χ2n) is 8.40. The molecule has 1 saturated heterocycles. The largest absolute Gasteiger partial charge is 0.345 e. The van der Waals surface area contributed by atoms with Crippen molar-refractivity contribution in [3.63, 3.8) is 0 Å². The first-order chi connectivity index (χ1) is 15.3. The van der Waals surface area contributed by atoms with Gasteiger partial charge in [0.2, 0.25) is 5.91 Å². The third-order valence-corrected chi connectivity index (χ3v) is 5.39. The van der Waals surface area contributed by atoms with E-state index in [2.05, 4.69) is 25.7 Å². The molecule has 0 aromatic carbocycles. The first-order valence-corrected chi connectivity index (χ1v) is 10.8. The van der Waals surface area contributed by atoms with Gasteiger partial charge >= 0.3 is 11.8 Å². The van der Waals surface area contributed by atoms with Crippen molar-refractivity contribution in [2.24, 2.45) is 0 Å². The molecule has 3 amide bonds. The van der Waals surface area contributed by atoms with Crippen molar-refractivity contribution in [1.29, 1.82) is 0 Å². The van der Waals surface area contributed by atoms with Crippen LogP contribution in [0, 0.1) is 20.8 Å². The van der Waals surface area contributed by atoms with Crippen LogP contribution in [0.15, 0.2) is 12.1 Å². The third kappa shape index (κ3) is 5.28. The number of carbonyl (C=O) groups excluding carboxylic acids is 3. The smallest absolute Gasteiger partial charge is 0.311 e. The Kier molecular flexibility index (Phi) is 6.17. The number of aromatic nitrogens is 4. The van der Waals surface area contributed by atoms with Crippen LogP contribution in [-0.2, 0) is 14.4 Å². The Morgan fingerprint density at radius 3 is 2.25 bits per heavy atom. The minimum Gasteiger partial charge on any atom is -0.345 e. The van der Waals surface area contributed by atoms with Gasteiger partial charge in [-0.2, -0.15) is 9.78 Å². The van der Waals surface area contributed by atoms with Crippen molar-refractivity contribution in [3.8, 4) is 5.95 Å². The van der Waals surface area contributed by atoms with Gasteiger partial charge in [-0.25, -0.2) is 9.97 Å². The Morgan fingerprint density at radius 1 is 0.969 bits per heavy atom. The van der Waals surface area contributed by atoms with E-state index in [-0.39, 0.29) is 18.5 Å². The molecular formula is C21H28N8O3. The molecule has 2 fully saturated rings. The number of rotatable bonds is 5. The summed E-state index contributed by atoms with van der Waals surface area (Å²) in [5.74, 6) is -0.308. The number of piperazine rings is 1. The lowest BCUT2D eigenvalue weighted by molar-refractivity contribution is -0.147. The van der Waals surface area contributed by atoms with Crippen LogP contribution in [0.2, 0.25) is 0 Å². The fourth-order valence-electron chi connectivity index (χ4n) is 3.66. The summed E-state index contributed by atoms with van der Waals surface area (Å²) in [4.78, 5) is 49.2. The lowest BCUT2D eigenvalue weighted by Gasteiger charge is -2.33. The molecule has 2 aromatic heterocycles. The van der Waals surface area contributed by atoms with Crippen LogP contribution < -0.4 is 10.6 Å². The number of hydrogen-bond acceptors (Lipinski definition) is 7. The molecule has 2 N–H and O–H groups in total. The van der Waals surface area contributed by atoms with Crippen molar-refractivity contribution in [3.05, 3.63) is 29.2 Å². The molecule has 0 unspecified atom stereocenters. The number of aryl methyl sites for hydroxylation is 3. The molecule has 0 atom stereocenters. The maximum atomic E-state index is 12.7. The van der Waals surface area contributed by atoms with E-state index in [1.165, 1.54) is 4.68 Å². The van der Waals surface area contributed by atoms with Crippen molar-refractivity contribution >= 4 is 23.5 Å². The second-order valence-corrected chi connectivity index (χ2v) is 8.40. The monoisotopic (exact) mass is 440 g/mol. The SMILES string of the molecule is Cc1cc(C)nc(-n2nc(C)cc2NC(=O)CN2CCN(C(=O)C(=O)NC3CC3)CC2)n1. The highest BCUT2D eigenvalue weighted by atomic mass is 16.2. The molecule has 2 aliphatic rings. The molecule has 32 heavy (non-hydrogen) atoms. The summed E-state index contributed by atoms with van der Waals surface area (Å²) in [7, 11) is 0. The van der Waals surface area contributed by atoms with E-state index in [1.807, 2.05) is 31.7 Å². The average Bonchev–Trinajstić information content (AvgIpc) is 3.47. The van der Waals surface area contributed by atoms with E-state index < -0.39 is 11.8 Å². The van der Waals surface area contributed by atoms with E-state index in [4.69, 9.17) is 0 Å². The van der Waals surface area contributed by atoms with Gasteiger partial charge in [0, 0.05) is 49.7 Å². The first-order valence-electron chi connectivity index (χ1n) is 10.8. The van der Waals surface area contributed by atoms with Crippen molar-refractivity contribution < 1.29 is 14.4 Å². The zero-order valence-corrected chi connectivity index (χ0v) is 18.6. The van der Waals surface area contributed by atoms with Gasteiger partial charge in [-0.3, -0.25) is 19.3 Å². The normalized spacial score (nSPS) is 16.7. The van der Waals surface area contributed by atoms with Crippen LogP contribution in [0.5, 0.6) is 0 Å². The first kappa shape index (κ1) is 21.9. The van der Waals surface area contributed by atoms with Gasteiger partial charge in [0.25, 0.3) is 5.95 Å². The molecule has 11 nitrogen and oxygen atoms in total. The molecular weight excluding hydrogens is 412 g/mol. The predicted octanol–water partition coefficient (Wildman–Crippen LogP) is -0.0511. The number of anilines is 1. The average molecular weight is 441 g/mol. The van der Waals surface area contributed by atoms with Gasteiger partial charge in [0.1, 0.15) is 5.82 Å². The van der Waals surface area contributed by atoms with E-state index in [0.717, 1.165) is 29.9 Å². The van der Waals surface area contributed by atoms with Crippen LogP contribution in [0.1, 0.15) is 29.9 Å². The number of amides is 3. The molecule has 1 aliphatic carbocycles. The van der Waals surface area contributed by atoms with E-state index in [1.54, 1.807) is 11.0 Å². The minimum atomic E-state index is -0.532. The van der Waals surface area contributed by atoms with Crippen molar-refractivity contribution in [2.75, 3.05) is 38.0 Å². The second kappa shape index (κ2) is 9.03. The number of nitrogens with zero attached hydrogens (tertiary/aromatic N) is 6. The van der Waals surface area contributed by atoms with Crippen LogP contribution in [-0.4, -0.2) is 86.0 Å². The molecule has 170 valence electrons.